The largest absolute Gasteiger partial charge is 0.479 e. The molecule has 0 atom stereocenters. The van der Waals surface area contributed by atoms with Gasteiger partial charge in [-0.2, -0.15) is 10.3 Å². The lowest BCUT2D eigenvalue weighted by Gasteiger charge is -1.97. The molecule has 0 aliphatic carbocycles. The molecule has 0 fully saturated rings. The van der Waals surface area contributed by atoms with Gasteiger partial charge in [-0.1, -0.05) is 0 Å². The third kappa shape index (κ3) is 2.10. The molecule has 2 aromatic rings. The Balaban J connectivity index is 2.33. The predicted octanol–water partition coefficient (Wildman–Crippen LogP) is 0.645. The minimum absolute atomic E-state index is 0.0469. The van der Waals surface area contributed by atoms with Crippen LogP contribution in [-0.4, -0.2) is 40.3 Å². The zero-order valence-corrected chi connectivity index (χ0v) is 9.26. The van der Waals surface area contributed by atoms with Crippen molar-refractivity contribution in [3.05, 3.63) is 11.8 Å². The molecule has 0 aromatic carbocycles. The Labute approximate surface area is 95.9 Å². The number of rotatable bonds is 4. The van der Waals surface area contributed by atoms with Gasteiger partial charge in [0.05, 0.1) is 19.8 Å². The molecular weight excluding hydrogens is 228 g/mol. The Hall–Kier alpha value is -2.38. The number of carbonyl (C=O) groups is 1. The van der Waals surface area contributed by atoms with E-state index in [-0.39, 0.29) is 29.6 Å². The zero-order chi connectivity index (χ0) is 12.3. The summed E-state index contributed by atoms with van der Waals surface area (Å²) in [5.41, 5.74) is 0.282. The van der Waals surface area contributed by atoms with E-state index in [2.05, 4.69) is 20.6 Å². The number of nitrogens with zero attached hydrogens (tertiary/aromatic N) is 3. The summed E-state index contributed by atoms with van der Waals surface area (Å²) in [7, 11) is 1.46. The van der Waals surface area contributed by atoms with Gasteiger partial charge in [-0.25, -0.2) is 4.79 Å². The number of carbonyl (C=O) groups excluding carboxylic acids is 1. The molecule has 0 amide bonds. The van der Waals surface area contributed by atoms with Crippen LogP contribution in [0.3, 0.4) is 0 Å². The molecule has 2 heterocycles. The lowest BCUT2D eigenvalue weighted by Crippen LogP contribution is -2.06. The van der Waals surface area contributed by atoms with E-state index in [1.54, 1.807) is 6.92 Å². The van der Waals surface area contributed by atoms with E-state index in [9.17, 15) is 4.79 Å². The average molecular weight is 238 g/mol. The van der Waals surface area contributed by atoms with Crippen molar-refractivity contribution in [2.75, 3.05) is 13.7 Å². The first-order valence-corrected chi connectivity index (χ1v) is 4.85. The van der Waals surface area contributed by atoms with Gasteiger partial charge < -0.3 is 14.0 Å². The van der Waals surface area contributed by atoms with Crippen molar-refractivity contribution in [3.8, 4) is 17.3 Å². The Kier molecular flexibility index (Phi) is 3.03. The normalized spacial score (nSPS) is 10.2. The molecule has 0 saturated carbocycles. The maximum Gasteiger partial charge on any atom is 0.361 e. The summed E-state index contributed by atoms with van der Waals surface area (Å²) < 4.78 is 14.7. The number of hydrogen-bond acceptors (Lipinski definition) is 7. The Morgan fingerprint density at radius 2 is 2.35 bits per heavy atom. The maximum atomic E-state index is 11.5. The molecule has 8 nitrogen and oxygen atoms in total. The number of hydrogen-bond donors (Lipinski definition) is 1. The monoisotopic (exact) mass is 238 g/mol. The SMILES string of the molecule is CCOC(=O)c1n[nH]nc1-c1cc(OC)no1. The third-order valence-electron chi connectivity index (χ3n) is 1.95. The molecule has 0 unspecified atom stereocenters. The lowest BCUT2D eigenvalue weighted by atomic mass is 10.2. The number of ether oxygens (including phenoxy) is 2. The Morgan fingerprint density at radius 3 is 3.00 bits per heavy atom. The molecule has 17 heavy (non-hydrogen) atoms. The van der Waals surface area contributed by atoms with Crippen LogP contribution in [0.1, 0.15) is 17.4 Å². The van der Waals surface area contributed by atoms with Gasteiger partial charge in [0.2, 0.25) is 5.69 Å². The average Bonchev–Trinajstić information content (AvgIpc) is 2.97. The van der Waals surface area contributed by atoms with Gasteiger partial charge in [0.1, 0.15) is 0 Å². The molecule has 0 aliphatic rings. The fourth-order valence-corrected chi connectivity index (χ4v) is 1.21. The summed E-state index contributed by atoms with van der Waals surface area (Å²) in [5, 5.41) is 13.5. The highest BCUT2D eigenvalue weighted by atomic mass is 16.5. The number of aromatic nitrogens is 4. The van der Waals surface area contributed by atoms with Gasteiger partial charge in [-0.15, -0.1) is 5.10 Å². The Bertz CT molecular complexity index is 519. The first kappa shape index (κ1) is 11.1. The third-order valence-corrected chi connectivity index (χ3v) is 1.95. The summed E-state index contributed by atoms with van der Waals surface area (Å²) in [4.78, 5) is 11.5. The highest BCUT2D eigenvalue weighted by Crippen LogP contribution is 2.23. The topological polar surface area (TPSA) is 103 Å². The molecule has 0 aliphatic heterocycles. The smallest absolute Gasteiger partial charge is 0.361 e. The van der Waals surface area contributed by atoms with E-state index in [4.69, 9.17) is 14.0 Å². The van der Waals surface area contributed by atoms with Crippen LogP contribution in [0.2, 0.25) is 0 Å². The van der Waals surface area contributed by atoms with Gasteiger partial charge in [0.25, 0.3) is 5.88 Å². The molecule has 1 N–H and O–H groups in total. The summed E-state index contributed by atoms with van der Waals surface area (Å²) in [5.74, 6) is -0.0110. The second-order valence-corrected chi connectivity index (χ2v) is 2.97. The molecule has 90 valence electrons. The molecule has 2 aromatic heterocycles. The van der Waals surface area contributed by atoms with Crippen molar-refractivity contribution in [1.82, 2.24) is 20.6 Å². The van der Waals surface area contributed by atoms with Gasteiger partial charge in [0.15, 0.2) is 11.5 Å². The maximum absolute atomic E-state index is 11.5. The molecule has 2 rings (SSSR count). The molecule has 0 saturated heterocycles. The molecule has 0 radical (unpaired) electrons. The highest BCUT2D eigenvalue weighted by Gasteiger charge is 2.22. The van der Waals surface area contributed by atoms with Crippen LogP contribution in [0.15, 0.2) is 10.6 Å². The highest BCUT2D eigenvalue weighted by molar-refractivity contribution is 5.93. The molecule has 0 spiro atoms. The molecule has 8 heteroatoms. The van der Waals surface area contributed by atoms with E-state index in [0.29, 0.717) is 0 Å². The first-order valence-electron chi connectivity index (χ1n) is 4.85. The van der Waals surface area contributed by atoms with Crippen molar-refractivity contribution in [2.24, 2.45) is 0 Å². The van der Waals surface area contributed by atoms with E-state index >= 15 is 0 Å². The summed E-state index contributed by atoms with van der Waals surface area (Å²) in [6.07, 6.45) is 0. The quantitative estimate of drug-likeness (QED) is 0.779. The molecular formula is C9H10N4O4. The number of nitrogens with one attached hydrogen (secondary N) is 1. The second-order valence-electron chi connectivity index (χ2n) is 2.97. The van der Waals surface area contributed by atoms with Crippen LogP contribution in [0.5, 0.6) is 5.88 Å². The number of esters is 1. The lowest BCUT2D eigenvalue weighted by molar-refractivity contribution is 0.0520. The predicted molar refractivity (Wildman–Crippen MR) is 54.4 cm³/mol. The zero-order valence-electron chi connectivity index (χ0n) is 9.26. The van der Waals surface area contributed by atoms with Gasteiger partial charge in [-0.3, -0.25) is 0 Å². The van der Waals surface area contributed by atoms with Crippen LogP contribution in [0.25, 0.3) is 11.5 Å². The number of methoxy groups -OCH3 is 1. The van der Waals surface area contributed by atoms with Gasteiger partial charge >= 0.3 is 5.97 Å². The summed E-state index contributed by atoms with van der Waals surface area (Å²) in [6.45, 7) is 1.96. The van der Waals surface area contributed by atoms with Crippen molar-refractivity contribution < 1.29 is 18.8 Å². The first-order chi connectivity index (χ1) is 8.26. The minimum atomic E-state index is -0.577. The second kappa shape index (κ2) is 4.64. The van der Waals surface area contributed by atoms with Gasteiger partial charge in [-0.05, 0) is 12.1 Å². The van der Waals surface area contributed by atoms with Crippen molar-refractivity contribution in [1.29, 1.82) is 0 Å². The fourth-order valence-electron chi connectivity index (χ4n) is 1.21. The van der Waals surface area contributed by atoms with Crippen LogP contribution in [0.4, 0.5) is 0 Å². The van der Waals surface area contributed by atoms with Crippen molar-refractivity contribution >= 4 is 5.97 Å². The summed E-state index contributed by atoms with van der Waals surface area (Å²) >= 11 is 0. The van der Waals surface area contributed by atoms with Crippen LogP contribution in [0, 0.1) is 0 Å². The van der Waals surface area contributed by atoms with Crippen LogP contribution < -0.4 is 4.74 Å². The number of aromatic amines is 1. The van der Waals surface area contributed by atoms with E-state index < -0.39 is 5.97 Å². The number of H-pyrrole nitrogens is 1. The van der Waals surface area contributed by atoms with Crippen LogP contribution in [-0.2, 0) is 4.74 Å². The molecule has 0 bridgehead atoms. The minimum Gasteiger partial charge on any atom is -0.479 e. The fraction of sp³-hybridized carbons (Fsp3) is 0.333. The summed E-state index contributed by atoms with van der Waals surface area (Å²) in [6, 6.07) is 1.50. The van der Waals surface area contributed by atoms with E-state index in [0.717, 1.165) is 0 Å². The van der Waals surface area contributed by atoms with Gasteiger partial charge in [0, 0.05) is 0 Å². The van der Waals surface area contributed by atoms with E-state index in [1.807, 2.05) is 0 Å². The van der Waals surface area contributed by atoms with Crippen molar-refractivity contribution in [2.45, 2.75) is 6.92 Å². The Morgan fingerprint density at radius 1 is 1.53 bits per heavy atom. The van der Waals surface area contributed by atoms with E-state index in [1.165, 1.54) is 13.2 Å². The van der Waals surface area contributed by atoms with Crippen LogP contribution >= 0.6 is 0 Å². The van der Waals surface area contributed by atoms with Crippen molar-refractivity contribution in [3.63, 3.8) is 0 Å². The standard InChI is InChI=1S/C9H10N4O4/c1-3-16-9(14)8-7(10-13-11-8)5-4-6(15-2)12-17-5/h4H,3H2,1-2H3,(H,10,11,13).